The summed E-state index contributed by atoms with van der Waals surface area (Å²) in [4.78, 5) is 36.9. The van der Waals surface area contributed by atoms with E-state index in [1.165, 1.54) is 19.6 Å². The Morgan fingerprint density at radius 2 is 1.92 bits per heavy atom. The molecule has 2 fully saturated rings. The predicted octanol–water partition coefficient (Wildman–Crippen LogP) is 1.81. The van der Waals surface area contributed by atoms with Crippen LogP contribution < -0.4 is 15.5 Å². The molecule has 14 heteroatoms. The monoisotopic (exact) mass is 531 g/mol. The SMILES string of the molecule is CCNC(=O)Nc1ncnc2c1ncn2[C@@H]1O[C@H](COP(=O)([O-])CC)C2OC(Cc3ccccc3)O[C@@H]21. The van der Waals surface area contributed by atoms with E-state index in [4.69, 9.17) is 18.7 Å². The van der Waals surface area contributed by atoms with Gasteiger partial charge >= 0.3 is 6.03 Å². The topological polar surface area (TPSA) is 162 Å². The molecular weight excluding hydrogens is 503 g/mol. The lowest BCUT2D eigenvalue weighted by Crippen LogP contribution is -2.32. The fraction of sp³-hybridized carbons (Fsp3) is 0.478. The summed E-state index contributed by atoms with van der Waals surface area (Å²) < 4.78 is 37.6. The summed E-state index contributed by atoms with van der Waals surface area (Å²) >= 11 is 0. The van der Waals surface area contributed by atoms with Crippen LogP contribution in [0, 0.1) is 0 Å². The average Bonchev–Trinajstić information content (AvgIpc) is 3.58. The molecule has 2 amide bonds. The van der Waals surface area contributed by atoms with Crippen LogP contribution >= 0.6 is 7.60 Å². The first kappa shape index (κ1) is 25.7. The van der Waals surface area contributed by atoms with E-state index in [1.54, 1.807) is 11.5 Å². The molecule has 2 aliphatic heterocycles. The van der Waals surface area contributed by atoms with E-state index < -0.39 is 44.5 Å². The van der Waals surface area contributed by atoms with Crippen molar-refractivity contribution in [3.05, 3.63) is 48.5 Å². The van der Waals surface area contributed by atoms with Crippen molar-refractivity contribution >= 4 is 30.6 Å². The van der Waals surface area contributed by atoms with Crippen LogP contribution in [-0.4, -0.2) is 69.5 Å². The molecule has 3 aromatic rings. The standard InChI is InChI=1S/C23H29N6O7P/c1-3-24-23(30)28-20-17-21(26-12-25-20)29(13-27-17)22-19-18(15(34-22)11-33-37(31,32)4-2)35-16(36-19)10-14-8-6-5-7-9-14/h5-9,12-13,15-16,18-19,22H,3-4,10-11H2,1-2H3,(H,31,32)(H2,24,25,26,28,30)/p-1/t15-,16?,18?,19+,22-/m1/s1. The number of nitrogens with one attached hydrogen (secondary N) is 2. The number of nitrogens with zero attached hydrogens (tertiary/aromatic N) is 4. The van der Waals surface area contributed by atoms with Crippen LogP contribution in [0.3, 0.4) is 0 Å². The number of imidazole rings is 1. The molecule has 2 aromatic heterocycles. The number of amides is 2. The highest BCUT2D eigenvalue weighted by Crippen LogP contribution is 2.43. The van der Waals surface area contributed by atoms with Crippen LogP contribution in [0.4, 0.5) is 10.6 Å². The van der Waals surface area contributed by atoms with Crippen LogP contribution in [0.15, 0.2) is 43.0 Å². The maximum Gasteiger partial charge on any atom is 0.320 e. The maximum absolute atomic E-state index is 12.0. The van der Waals surface area contributed by atoms with Crippen molar-refractivity contribution in [1.82, 2.24) is 24.8 Å². The van der Waals surface area contributed by atoms with Crippen molar-refractivity contribution < 1.29 is 33.0 Å². The van der Waals surface area contributed by atoms with Gasteiger partial charge in [-0.05, 0) is 12.5 Å². The Hall–Kier alpha value is -2.93. The van der Waals surface area contributed by atoms with Crippen LogP contribution in [0.5, 0.6) is 0 Å². The van der Waals surface area contributed by atoms with Crippen LogP contribution in [0.1, 0.15) is 25.6 Å². The smallest absolute Gasteiger partial charge is 0.320 e. The second-order valence-electron chi connectivity index (χ2n) is 8.64. The molecule has 198 valence electrons. The number of rotatable bonds is 9. The summed E-state index contributed by atoms with van der Waals surface area (Å²) in [7, 11) is -3.99. The van der Waals surface area contributed by atoms with Gasteiger partial charge in [-0.15, -0.1) is 0 Å². The summed E-state index contributed by atoms with van der Waals surface area (Å²) in [6.07, 6.45) is 0.0496. The van der Waals surface area contributed by atoms with Gasteiger partial charge in [-0.2, -0.15) is 0 Å². The summed E-state index contributed by atoms with van der Waals surface area (Å²) in [5, 5.41) is 5.31. The Bertz CT molecular complexity index is 1290. The Labute approximate surface area is 213 Å². The lowest BCUT2D eigenvalue weighted by molar-refractivity contribution is -0.203. The highest BCUT2D eigenvalue weighted by atomic mass is 31.2. The molecule has 2 N–H and O–H groups in total. The van der Waals surface area contributed by atoms with Crippen LogP contribution in [0.25, 0.3) is 11.2 Å². The minimum absolute atomic E-state index is 0.129. The van der Waals surface area contributed by atoms with E-state index in [1.807, 2.05) is 30.3 Å². The van der Waals surface area contributed by atoms with Crippen molar-refractivity contribution in [1.29, 1.82) is 0 Å². The van der Waals surface area contributed by atoms with Gasteiger partial charge in [0.15, 0.2) is 29.5 Å². The van der Waals surface area contributed by atoms with Crippen LogP contribution in [-0.2, 0) is 29.7 Å². The molecule has 0 saturated carbocycles. The molecule has 37 heavy (non-hydrogen) atoms. The van der Waals surface area contributed by atoms with Crippen molar-refractivity contribution in [2.24, 2.45) is 0 Å². The van der Waals surface area contributed by atoms with Gasteiger partial charge in [-0.1, -0.05) is 37.3 Å². The Balaban J connectivity index is 1.41. The Morgan fingerprint density at radius 3 is 2.68 bits per heavy atom. The molecule has 0 spiro atoms. The first-order valence-electron chi connectivity index (χ1n) is 12.1. The van der Waals surface area contributed by atoms with E-state index in [0.29, 0.717) is 24.1 Å². The number of hydrogen-bond donors (Lipinski definition) is 2. The molecule has 4 heterocycles. The minimum atomic E-state index is -3.99. The number of fused-ring (bicyclic) bond motifs is 2. The zero-order valence-electron chi connectivity index (χ0n) is 20.4. The van der Waals surface area contributed by atoms with Gasteiger partial charge in [-0.3, -0.25) is 9.88 Å². The van der Waals surface area contributed by atoms with Gasteiger partial charge in [0, 0.05) is 19.1 Å². The summed E-state index contributed by atoms with van der Waals surface area (Å²) in [6.45, 7) is 3.56. The lowest BCUT2D eigenvalue weighted by atomic mass is 10.1. The fourth-order valence-electron chi connectivity index (χ4n) is 4.38. The number of ether oxygens (including phenoxy) is 3. The molecule has 0 bridgehead atoms. The number of hydrogen-bond acceptors (Lipinski definition) is 10. The normalized spacial score (nSPS) is 26.6. The molecule has 2 aliphatic rings. The molecule has 6 atom stereocenters. The third-order valence-corrected chi connectivity index (χ3v) is 7.49. The largest absolute Gasteiger partial charge is 0.779 e. The van der Waals surface area contributed by atoms with Crippen LogP contribution in [0.2, 0.25) is 0 Å². The first-order valence-corrected chi connectivity index (χ1v) is 13.8. The number of anilines is 1. The van der Waals surface area contributed by atoms with Gasteiger partial charge in [0.25, 0.3) is 0 Å². The third-order valence-electron chi connectivity index (χ3n) is 6.17. The number of carbonyl (C=O) groups is 1. The molecule has 0 aliphatic carbocycles. The van der Waals surface area contributed by atoms with Crippen molar-refractivity contribution in [3.63, 3.8) is 0 Å². The third kappa shape index (κ3) is 5.52. The number of carbonyl (C=O) groups excluding carboxylic acids is 1. The first-order chi connectivity index (χ1) is 17.9. The zero-order chi connectivity index (χ0) is 26.0. The fourth-order valence-corrected chi connectivity index (χ4v) is 4.94. The molecule has 5 rings (SSSR count). The van der Waals surface area contributed by atoms with Gasteiger partial charge < -0.3 is 33.5 Å². The Morgan fingerprint density at radius 1 is 1.14 bits per heavy atom. The number of benzene rings is 1. The average molecular weight is 531 g/mol. The van der Waals surface area contributed by atoms with Crippen molar-refractivity contribution in [2.45, 2.75) is 51.1 Å². The van der Waals surface area contributed by atoms with Crippen molar-refractivity contribution in [2.75, 3.05) is 24.6 Å². The van der Waals surface area contributed by atoms with E-state index in [2.05, 4.69) is 25.6 Å². The van der Waals surface area contributed by atoms with E-state index in [0.717, 1.165) is 5.56 Å². The number of urea groups is 1. The number of aromatic nitrogens is 4. The summed E-state index contributed by atoms with van der Waals surface area (Å²) in [5.74, 6) is 0.241. The second-order valence-corrected chi connectivity index (χ2v) is 10.8. The van der Waals surface area contributed by atoms with E-state index in [-0.39, 0.29) is 18.6 Å². The molecule has 3 unspecified atom stereocenters. The quantitative estimate of drug-likeness (QED) is 0.390. The zero-order valence-corrected chi connectivity index (χ0v) is 21.2. The highest BCUT2D eigenvalue weighted by Gasteiger charge is 2.54. The predicted molar refractivity (Wildman–Crippen MR) is 130 cm³/mol. The molecule has 2 saturated heterocycles. The van der Waals surface area contributed by atoms with Gasteiger partial charge in [-0.25, -0.2) is 19.7 Å². The maximum atomic E-state index is 12.0. The van der Waals surface area contributed by atoms with E-state index in [9.17, 15) is 14.3 Å². The summed E-state index contributed by atoms with van der Waals surface area (Å²) in [5.41, 5.74) is 1.81. The van der Waals surface area contributed by atoms with Gasteiger partial charge in [0.1, 0.15) is 32.2 Å². The minimum Gasteiger partial charge on any atom is -0.779 e. The lowest BCUT2D eigenvalue weighted by Gasteiger charge is -2.25. The van der Waals surface area contributed by atoms with Crippen molar-refractivity contribution in [3.8, 4) is 0 Å². The highest BCUT2D eigenvalue weighted by molar-refractivity contribution is 7.51. The Kier molecular flexibility index (Phi) is 7.52. The second kappa shape index (κ2) is 10.8. The summed E-state index contributed by atoms with van der Waals surface area (Å²) in [6, 6.07) is 9.35. The van der Waals surface area contributed by atoms with E-state index >= 15 is 0 Å². The van der Waals surface area contributed by atoms with Gasteiger partial charge in [0.2, 0.25) is 0 Å². The molecule has 1 aromatic carbocycles. The molecular formula is C23H28N6O7P-. The molecule has 13 nitrogen and oxygen atoms in total. The molecule has 0 radical (unpaired) electrons. The van der Waals surface area contributed by atoms with Gasteiger partial charge in [0.05, 0.1) is 12.9 Å².